The molecule has 5 heteroatoms. The van der Waals surface area contributed by atoms with Crippen LogP contribution < -0.4 is 16.8 Å². The van der Waals surface area contributed by atoms with Crippen LogP contribution in [0.5, 0.6) is 0 Å². The minimum atomic E-state index is -0.938. The molecule has 0 aliphatic heterocycles. The Bertz CT molecular complexity index is 135. The third-order valence-electron chi connectivity index (χ3n) is 1.50. The van der Waals surface area contributed by atoms with Crippen molar-refractivity contribution >= 4 is 12.1 Å². The SMILES string of the molecule is C1CCCC1.NC(=O)NC(N)=O. The van der Waals surface area contributed by atoms with Gasteiger partial charge in [-0.25, -0.2) is 9.59 Å². The highest BCUT2D eigenvalue weighted by Gasteiger charge is 1.95. The van der Waals surface area contributed by atoms with Gasteiger partial charge in [-0.05, 0) is 0 Å². The van der Waals surface area contributed by atoms with Gasteiger partial charge in [-0.2, -0.15) is 0 Å². The van der Waals surface area contributed by atoms with Crippen LogP contribution in [0.1, 0.15) is 32.1 Å². The summed E-state index contributed by atoms with van der Waals surface area (Å²) in [6.07, 6.45) is 7.50. The molecule has 0 spiro atoms. The van der Waals surface area contributed by atoms with Crippen LogP contribution in [0.4, 0.5) is 9.59 Å². The summed E-state index contributed by atoms with van der Waals surface area (Å²) in [5.41, 5.74) is 8.88. The number of nitrogens with two attached hydrogens (primary N) is 2. The molecule has 1 rings (SSSR count). The van der Waals surface area contributed by atoms with Gasteiger partial charge in [0, 0.05) is 0 Å². The van der Waals surface area contributed by atoms with E-state index in [4.69, 9.17) is 0 Å². The smallest absolute Gasteiger partial charge is 0.320 e. The summed E-state index contributed by atoms with van der Waals surface area (Å²) >= 11 is 0. The lowest BCUT2D eigenvalue weighted by molar-refractivity contribution is 0.236. The van der Waals surface area contributed by atoms with Crippen LogP contribution in [-0.4, -0.2) is 12.1 Å². The number of rotatable bonds is 0. The predicted molar refractivity (Wildman–Crippen MR) is 45.4 cm³/mol. The van der Waals surface area contributed by atoms with Gasteiger partial charge in [0.2, 0.25) is 0 Å². The molecule has 1 aliphatic rings. The predicted octanol–water partition coefficient (Wildman–Crippen LogP) is 0.684. The summed E-state index contributed by atoms with van der Waals surface area (Å²) in [5.74, 6) is 0. The van der Waals surface area contributed by atoms with Crippen LogP contribution in [0.2, 0.25) is 0 Å². The maximum Gasteiger partial charge on any atom is 0.320 e. The van der Waals surface area contributed by atoms with E-state index < -0.39 is 12.1 Å². The highest BCUT2D eigenvalue weighted by Crippen LogP contribution is 2.15. The van der Waals surface area contributed by atoms with Gasteiger partial charge in [0.05, 0.1) is 0 Å². The second kappa shape index (κ2) is 6.45. The topological polar surface area (TPSA) is 98.2 Å². The monoisotopic (exact) mass is 173 g/mol. The molecule has 70 valence electrons. The lowest BCUT2D eigenvalue weighted by Gasteiger charge is -1.88. The van der Waals surface area contributed by atoms with Crippen molar-refractivity contribution in [1.29, 1.82) is 0 Å². The second-order valence-corrected chi connectivity index (χ2v) is 2.62. The van der Waals surface area contributed by atoms with Gasteiger partial charge in [0.15, 0.2) is 0 Å². The summed E-state index contributed by atoms with van der Waals surface area (Å²) in [5, 5.41) is 1.58. The fourth-order valence-electron chi connectivity index (χ4n) is 1.01. The quantitative estimate of drug-likeness (QED) is 0.502. The summed E-state index contributed by atoms with van der Waals surface area (Å²) in [7, 11) is 0. The van der Waals surface area contributed by atoms with Crippen molar-refractivity contribution in [2.24, 2.45) is 11.5 Å². The summed E-state index contributed by atoms with van der Waals surface area (Å²) in [4.78, 5) is 19.2. The molecule has 1 saturated carbocycles. The van der Waals surface area contributed by atoms with Crippen molar-refractivity contribution in [3.63, 3.8) is 0 Å². The van der Waals surface area contributed by atoms with Crippen LogP contribution in [0.15, 0.2) is 0 Å². The number of hydrogen-bond donors (Lipinski definition) is 3. The highest BCUT2D eigenvalue weighted by molar-refractivity contribution is 5.91. The Morgan fingerprint density at radius 1 is 0.833 bits per heavy atom. The summed E-state index contributed by atoms with van der Waals surface area (Å²) in [6.45, 7) is 0. The van der Waals surface area contributed by atoms with Gasteiger partial charge >= 0.3 is 12.1 Å². The van der Waals surface area contributed by atoms with Gasteiger partial charge in [-0.3, -0.25) is 5.32 Å². The molecule has 0 radical (unpaired) electrons. The van der Waals surface area contributed by atoms with Crippen LogP contribution >= 0.6 is 0 Å². The number of imide groups is 1. The number of carbonyl (C=O) groups excluding carboxylic acids is 2. The fourth-order valence-corrected chi connectivity index (χ4v) is 1.01. The molecular weight excluding hydrogens is 158 g/mol. The van der Waals surface area contributed by atoms with E-state index in [9.17, 15) is 9.59 Å². The number of primary amides is 2. The third kappa shape index (κ3) is 8.74. The van der Waals surface area contributed by atoms with E-state index in [0.29, 0.717) is 0 Å². The van der Waals surface area contributed by atoms with Crippen molar-refractivity contribution in [3.8, 4) is 0 Å². The van der Waals surface area contributed by atoms with E-state index in [0.717, 1.165) is 0 Å². The zero-order chi connectivity index (χ0) is 9.40. The molecule has 0 unspecified atom stereocenters. The van der Waals surface area contributed by atoms with E-state index in [2.05, 4.69) is 11.5 Å². The van der Waals surface area contributed by atoms with Crippen molar-refractivity contribution in [2.75, 3.05) is 0 Å². The number of urea groups is 2. The van der Waals surface area contributed by atoms with E-state index in [1.54, 1.807) is 5.32 Å². The van der Waals surface area contributed by atoms with E-state index in [1.807, 2.05) is 0 Å². The number of amides is 4. The van der Waals surface area contributed by atoms with Crippen LogP contribution in [-0.2, 0) is 0 Å². The minimum Gasteiger partial charge on any atom is -0.351 e. The van der Waals surface area contributed by atoms with Gasteiger partial charge in [-0.1, -0.05) is 32.1 Å². The molecule has 0 aromatic carbocycles. The molecule has 0 bridgehead atoms. The van der Waals surface area contributed by atoms with E-state index in [1.165, 1.54) is 32.1 Å². The first-order valence-corrected chi connectivity index (χ1v) is 3.99. The Morgan fingerprint density at radius 3 is 1.17 bits per heavy atom. The largest absolute Gasteiger partial charge is 0.351 e. The number of nitrogens with one attached hydrogen (secondary N) is 1. The average molecular weight is 173 g/mol. The highest BCUT2D eigenvalue weighted by atomic mass is 16.2. The maximum atomic E-state index is 9.62. The van der Waals surface area contributed by atoms with Crippen molar-refractivity contribution < 1.29 is 9.59 Å². The molecule has 4 amide bonds. The van der Waals surface area contributed by atoms with Crippen molar-refractivity contribution in [1.82, 2.24) is 5.32 Å². The molecule has 12 heavy (non-hydrogen) atoms. The zero-order valence-corrected chi connectivity index (χ0v) is 7.01. The minimum absolute atomic E-state index is 0.937. The number of hydrogen-bond acceptors (Lipinski definition) is 2. The van der Waals surface area contributed by atoms with E-state index >= 15 is 0 Å². The van der Waals surface area contributed by atoms with Crippen LogP contribution in [0.3, 0.4) is 0 Å². The Labute approximate surface area is 71.5 Å². The lowest BCUT2D eigenvalue weighted by Crippen LogP contribution is -2.38. The molecule has 1 fully saturated rings. The maximum absolute atomic E-state index is 9.62. The molecule has 0 aromatic rings. The third-order valence-corrected chi connectivity index (χ3v) is 1.50. The molecule has 0 aromatic heterocycles. The lowest BCUT2D eigenvalue weighted by atomic mass is 10.4. The zero-order valence-electron chi connectivity index (χ0n) is 7.01. The molecular formula is C7H15N3O2. The van der Waals surface area contributed by atoms with Gasteiger partial charge in [-0.15, -0.1) is 0 Å². The molecule has 5 nitrogen and oxygen atoms in total. The Kier molecular flexibility index (Phi) is 5.77. The second-order valence-electron chi connectivity index (χ2n) is 2.62. The Morgan fingerprint density at radius 2 is 1.08 bits per heavy atom. The Hall–Kier alpha value is -1.26. The molecule has 0 heterocycles. The van der Waals surface area contributed by atoms with Gasteiger partial charge in [0.25, 0.3) is 0 Å². The van der Waals surface area contributed by atoms with E-state index in [-0.39, 0.29) is 0 Å². The normalized spacial score (nSPS) is 14.3. The first-order valence-electron chi connectivity index (χ1n) is 3.99. The van der Waals surface area contributed by atoms with Gasteiger partial charge < -0.3 is 11.5 Å². The van der Waals surface area contributed by atoms with Crippen LogP contribution in [0.25, 0.3) is 0 Å². The summed E-state index contributed by atoms with van der Waals surface area (Å²) < 4.78 is 0. The van der Waals surface area contributed by atoms with Gasteiger partial charge in [0.1, 0.15) is 0 Å². The van der Waals surface area contributed by atoms with Crippen molar-refractivity contribution in [3.05, 3.63) is 0 Å². The fraction of sp³-hybridized carbons (Fsp3) is 0.714. The number of carbonyl (C=O) groups is 2. The van der Waals surface area contributed by atoms with Crippen LogP contribution in [0, 0.1) is 0 Å². The molecule has 0 saturated heterocycles. The average Bonchev–Trinajstić information content (AvgIpc) is 2.36. The first kappa shape index (κ1) is 10.7. The molecule has 5 N–H and O–H groups in total. The molecule has 0 atom stereocenters. The Balaban J connectivity index is 0.000000211. The van der Waals surface area contributed by atoms with Crippen molar-refractivity contribution in [2.45, 2.75) is 32.1 Å². The standard InChI is InChI=1S/C5H10.C2H5N3O2/c1-2-4-5-3-1;3-1(6)5-2(4)7/h1-5H2;(H5,3,4,5,6,7). The summed E-state index contributed by atoms with van der Waals surface area (Å²) in [6, 6.07) is -1.88. The first-order chi connectivity index (χ1) is 5.63. The molecule has 1 aliphatic carbocycles.